The summed E-state index contributed by atoms with van der Waals surface area (Å²) in [5, 5.41) is 0.768. The molecule has 0 radical (unpaired) electrons. The predicted octanol–water partition coefficient (Wildman–Crippen LogP) is 3.48. The van der Waals surface area contributed by atoms with E-state index in [1.807, 2.05) is 19.9 Å². The molecule has 0 N–H and O–H groups in total. The van der Waals surface area contributed by atoms with Gasteiger partial charge in [-0.25, -0.2) is 0 Å². The van der Waals surface area contributed by atoms with Crippen LogP contribution in [0.2, 0.25) is 5.02 Å². The lowest BCUT2D eigenvalue weighted by atomic mass is 10.0. The molecule has 0 saturated carbocycles. The highest BCUT2D eigenvalue weighted by atomic mass is 35.5. The number of hydrogen-bond acceptors (Lipinski definition) is 1. The number of nitrogens with zero attached hydrogens (tertiary/aromatic N) is 1. The molecule has 1 aromatic rings. The maximum Gasteiger partial charge on any atom is 0.0621 e. The van der Waals surface area contributed by atoms with Crippen LogP contribution in [0.15, 0.2) is 6.07 Å². The van der Waals surface area contributed by atoms with E-state index in [9.17, 15) is 0 Å². The molecule has 0 aromatic carbocycles. The van der Waals surface area contributed by atoms with E-state index < -0.39 is 0 Å². The normalized spacial score (nSPS) is 10.8. The molecule has 1 nitrogen and oxygen atoms in total. The van der Waals surface area contributed by atoms with Gasteiger partial charge in [0.05, 0.1) is 10.7 Å². The minimum atomic E-state index is 0.496. The predicted molar refractivity (Wildman–Crippen MR) is 52.8 cm³/mol. The van der Waals surface area contributed by atoms with E-state index in [-0.39, 0.29) is 0 Å². The van der Waals surface area contributed by atoms with Crippen molar-refractivity contribution in [3.63, 3.8) is 0 Å². The second kappa shape index (κ2) is 3.44. The summed E-state index contributed by atoms with van der Waals surface area (Å²) >= 11 is 5.97. The Morgan fingerprint density at radius 2 is 1.83 bits per heavy atom. The van der Waals surface area contributed by atoms with Crippen molar-refractivity contribution in [2.45, 2.75) is 33.6 Å². The van der Waals surface area contributed by atoms with Crippen LogP contribution in [0, 0.1) is 13.8 Å². The Hall–Kier alpha value is -0.560. The van der Waals surface area contributed by atoms with Crippen LogP contribution < -0.4 is 0 Å². The summed E-state index contributed by atoms with van der Waals surface area (Å²) in [6.07, 6.45) is 0. The average Bonchev–Trinajstić information content (AvgIpc) is 1.96. The lowest BCUT2D eigenvalue weighted by Crippen LogP contribution is -1.97. The van der Waals surface area contributed by atoms with Crippen LogP contribution >= 0.6 is 11.6 Å². The van der Waals surface area contributed by atoms with Gasteiger partial charge in [-0.2, -0.15) is 0 Å². The van der Waals surface area contributed by atoms with Gasteiger partial charge < -0.3 is 0 Å². The van der Waals surface area contributed by atoms with Crippen LogP contribution in [0.3, 0.4) is 0 Å². The van der Waals surface area contributed by atoms with Gasteiger partial charge in [0.15, 0.2) is 0 Å². The highest BCUT2D eigenvalue weighted by molar-refractivity contribution is 6.31. The van der Waals surface area contributed by atoms with Crippen molar-refractivity contribution in [3.8, 4) is 0 Å². The fourth-order valence-corrected chi connectivity index (χ4v) is 1.46. The molecule has 0 bridgehead atoms. The molecule has 0 aliphatic rings. The van der Waals surface area contributed by atoms with Crippen LogP contribution in [-0.4, -0.2) is 4.98 Å². The third kappa shape index (κ3) is 1.78. The summed E-state index contributed by atoms with van der Waals surface area (Å²) < 4.78 is 0. The number of halogens is 1. The Morgan fingerprint density at radius 3 is 2.33 bits per heavy atom. The first-order valence-electron chi connectivity index (χ1n) is 4.16. The molecule has 0 amide bonds. The van der Waals surface area contributed by atoms with Crippen molar-refractivity contribution in [2.24, 2.45) is 0 Å². The van der Waals surface area contributed by atoms with Crippen molar-refractivity contribution < 1.29 is 0 Å². The van der Waals surface area contributed by atoms with Gasteiger partial charge in [0.25, 0.3) is 0 Å². The number of aryl methyl sites for hydroxylation is 2. The van der Waals surface area contributed by atoms with E-state index in [0.717, 1.165) is 16.4 Å². The molecule has 0 unspecified atom stereocenters. The van der Waals surface area contributed by atoms with E-state index >= 15 is 0 Å². The Kier molecular flexibility index (Phi) is 2.73. The summed E-state index contributed by atoms with van der Waals surface area (Å²) in [5.74, 6) is 0.496. The molecule has 2 heteroatoms. The quantitative estimate of drug-likeness (QED) is 0.650. The van der Waals surface area contributed by atoms with Crippen LogP contribution in [0.4, 0.5) is 0 Å². The van der Waals surface area contributed by atoms with E-state index in [1.165, 1.54) is 5.56 Å². The van der Waals surface area contributed by atoms with E-state index in [0.29, 0.717) is 5.92 Å². The first kappa shape index (κ1) is 9.53. The summed E-state index contributed by atoms with van der Waals surface area (Å²) in [7, 11) is 0. The molecule has 0 atom stereocenters. The maximum absolute atomic E-state index is 5.97. The van der Waals surface area contributed by atoms with Crippen LogP contribution in [-0.2, 0) is 0 Å². The number of rotatable bonds is 1. The number of pyridine rings is 1. The van der Waals surface area contributed by atoms with Gasteiger partial charge in [0, 0.05) is 5.69 Å². The number of hydrogen-bond donors (Lipinski definition) is 0. The Morgan fingerprint density at radius 1 is 1.25 bits per heavy atom. The Labute approximate surface area is 78.8 Å². The lowest BCUT2D eigenvalue weighted by molar-refractivity contribution is 0.839. The van der Waals surface area contributed by atoms with E-state index in [4.69, 9.17) is 11.6 Å². The molecule has 12 heavy (non-hydrogen) atoms. The third-order valence-corrected chi connectivity index (χ3v) is 2.39. The van der Waals surface area contributed by atoms with Crippen molar-refractivity contribution in [1.82, 2.24) is 4.98 Å². The van der Waals surface area contributed by atoms with E-state index in [2.05, 4.69) is 18.8 Å². The molecule has 0 saturated heterocycles. The standard InChI is InChI=1S/C10H14ClN/c1-6(2)9-5-10(11)8(4)12-7(9)3/h5-6H,1-4H3. The van der Waals surface area contributed by atoms with Gasteiger partial charge in [-0.3, -0.25) is 4.98 Å². The largest absolute Gasteiger partial charge is 0.257 e. The van der Waals surface area contributed by atoms with Gasteiger partial charge in [0.1, 0.15) is 0 Å². The van der Waals surface area contributed by atoms with Gasteiger partial charge in [-0.15, -0.1) is 0 Å². The minimum Gasteiger partial charge on any atom is -0.257 e. The van der Waals surface area contributed by atoms with Gasteiger partial charge in [-0.1, -0.05) is 25.4 Å². The molecule has 0 aliphatic carbocycles. The lowest BCUT2D eigenvalue weighted by Gasteiger charge is -2.10. The molecule has 0 spiro atoms. The molecule has 66 valence electrons. The van der Waals surface area contributed by atoms with Crippen LogP contribution in [0.25, 0.3) is 0 Å². The Bertz CT molecular complexity index is 292. The fourth-order valence-electron chi connectivity index (χ4n) is 1.30. The van der Waals surface area contributed by atoms with Crippen molar-refractivity contribution in [2.75, 3.05) is 0 Å². The SMILES string of the molecule is Cc1nc(C)c(C(C)C)cc1Cl. The summed E-state index contributed by atoms with van der Waals surface area (Å²) in [6.45, 7) is 8.25. The molecule has 0 fully saturated rings. The Balaban J connectivity index is 3.23. The molecule has 0 aliphatic heterocycles. The fraction of sp³-hybridized carbons (Fsp3) is 0.500. The number of aromatic nitrogens is 1. The summed E-state index contributed by atoms with van der Waals surface area (Å²) in [5.41, 5.74) is 3.25. The van der Waals surface area contributed by atoms with Crippen LogP contribution in [0.1, 0.15) is 36.7 Å². The highest BCUT2D eigenvalue weighted by Gasteiger charge is 2.07. The highest BCUT2D eigenvalue weighted by Crippen LogP contribution is 2.23. The van der Waals surface area contributed by atoms with Gasteiger partial charge >= 0.3 is 0 Å². The van der Waals surface area contributed by atoms with Crippen molar-refractivity contribution in [1.29, 1.82) is 0 Å². The first-order valence-corrected chi connectivity index (χ1v) is 4.53. The summed E-state index contributed by atoms with van der Waals surface area (Å²) in [6, 6.07) is 2.02. The van der Waals surface area contributed by atoms with E-state index in [1.54, 1.807) is 0 Å². The summed E-state index contributed by atoms with van der Waals surface area (Å²) in [4.78, 5) is 4.36. The molecular weight excluding hydrogens is 170 g/mol. The van der Waals surface area contributed by atoms with Crippen LogP contribution in [0.5, 0.6) is 0 Å². The topological polar surface area (TPSA) is 12.9 Å². The van der Waals surface area contributed by atoms with Gasteiger partial charge in [0.2, 0.25) is 0 Å². The van der Waals surface area contributed by atoms with Crippen molar-refractivity contribution in [3.05, 3.63) is 28.0 Å². The smallest absolute Gasteiger partial charge is 0.0621 e. The third-order valence-electron chi connectivity index (χ3n) is 2.00. The zero-order valence-corrected chi connectivity index (χ0v) is 8.74. The second-order valence-corrected chi connectivity index (χ2v) is 3.79. The first-order chi connectivity index (χ1) is 5.52. The molecule has 1 aromatic heterocycles. The zero-order chi connectivity index (χ0) is 9.30. The monoisotopic (exact) mass is 183 g/mol. The second-order valence-electron chi connectivity index (χ2n) is 3.38. The maximum atomic E-state index is 5.97. The molecule has 1 heterocycles. The molecular formula is C10H14ClN. The molecule has 1 rings (SSSR count). The van der Waals surface area contributed by atoms with Gasteiger partial charge in [-0.05, 0) is 31.4 Å². The van der Waals surface area contributed by atoms with Crippen molar-refractivity contribution >= 4 is 11.6 Å². The zero-order valence-electron chi connectivity index (χ0n) is 7.98. The average molecular weight is 184 g/mol. The minimum absolute atomic E-state index is 0.496.